The minimum Gasteiger partial charge on any atom is -0.339 e. The zero-order valence-electron chi connectivity index (χ0n) is 15.5. The second-order valence-electron chi connectivity index (χ2n) is 7.08. The van der Waals surface area contributed by atoms with Crippen LogP contribution in [0.1, 0.15) is 31.2 Å². The van der Waals surface area contributed by atoms with Crippen molar-refractivity contribution in [3.05, 3.63) is 35.9 Å². The van der Waals surface area contributed by atoms with Gasteiger partial charge in [-0.3, -0.25) is 9.59 Å². The molecule has 2 fully saturated rings. The number of nitrogens with zero attached hydrogens (tertiary/aromatic N) is 2. The van der Waals surface area contributed by atoms with Crippen LogP contribution in [-0.4, -0.2) is 53.3 Å². The van der Waals surface area contributed by atoms with E-state index < -0.39 is 5.51 Å². The van der Waals surface area contributed by atoms with E-state index in [9.17, 15) is 22.8 Å². The van der Waals surface area contributed by atoms with Gasteiger partial charge in [0.25, 0.3) is 0 Å². The zero-order chi connectivity index (χ0) is 20.1. The van der Waals surface area contributed by atoms with Gasteiger partial charge in [-0.15, -0.1) is 0 Å². The molecule has 0 aromatic heterocycles. The summed E-state index contributed by atoms with van der Waals surface area (Å²) in [6.07, 6.45) is 7.22. The number of rotatable bonds is 4. The molecule has 0 unspecified atom stereocenters. The second kappa shape index (κ2) is 9.03. The molecule has 3 rings (SSSR count). The van der Waals surface area contributed by atoms with Crippen LogP contribution in [-0.2, 0) is 9.59 Å². The average Bonchev–Trinajstić information content (AvgIpc) is 3.20. The Morgan fingerprint density at radius 1 is 0.964 bits per heavy atom. The normalized spacial score (nSPS) is 18.8. The quantitative estimate of drug-likeness (QED) is 0.551. The molecule has 4 nitrogen and oxygen atoms in total. The lowest BCUT2D eigenvalue weighted by Crippen LogP contribution is -2.51. The fraction of sp³-hybridized carbons (Fsp3) is 0.500. The molecule has 2 amide bonds. The molecule has 1 aromatic carbocycles. The van der Waals surface area contributed by atoms with Crippen molar-refractivity contribution in [1.29, 1.82) is 0 Å². The number of hydrogen-bond acceptors (Lipinski definition) is 3. The number of carbonyl (C=O) groups excluding carboxylic acids is 2. The molecule has 0 radical (unpaired) electrons. The average molecular weight is 412 g/mol. The number of carbonyl (C=O) groups is 2. The lowest BCUT2D eigenvalue weighted by molar-refractivity contribution is -0.140. The van der Waals surface area contributed by atoms with Gasteiger partial charge in [0.1, 0.15) is 0 Å². The molecule has 1 aromatic rings. The SMILES string of the molecule is O=C(/C=C/c1ccc(SC(F)(F)F)cc1)N1CCN(C(=O)C2CCCC2)CC1. The van der Waals surface area contributed by atoms with Gasteiger partial charge in [0.15, 0.2) is 0 Å². The third-order valence-corrected chi connectivity index (χ3v) is 5.88. The Bertz CT molecular complexity index is 720. The summed E-state index contributed by atoms with van der Waals surface area (Å²) in [5, 5.41) is 0. The summed E-state index contributed by atoms with van der Waals surface area (Å²) in [5.74, 6) is 0.222. The fourth-order valence-electron chi connectivity index (χ4n) is 3.63. The zero-order valence-corrected chi connectivity index (χ0v) is 16.3. The van der Waals surface area contributed by atoms with E-state index in [0.29, 0.717) is 31.7 Å². The van der Waals surface area contributed by atoms with Gasteiger partial charge in [0.2, 0.25) is 11.8 Å². The molecule has 1 heterocycles. The first-order chi connectivity index (χ1) is 13.3. The summed E-state index contributed by atoms with van der Waals surface area (Å²) in [4.78, 5) is 28.4. The van der Waals surface area contributed by atoms with E-state index in [1.54, 1.807) is 23.1 Å². The smallest absolute Gasteiger partial charge is 0.339 e. The van der Waals surface area contributed by atoms with Crippen LogP contribution < -0.4 is 0 Å². The van der Waals surface area contributed by atoms with E-state index in [1.807, 2.05) is 4.90 Å². The summed E-state index contributed by atoms with van der Waals surface area (Å²) in [6, 6.07) is 5.87. The molecule has 0 bridgehead atoms. The maximum atomic E-state index is 12.4. The highest BCUT2D eigenvalue weighted by atomic mass is 32.2. The molecule has 2 aliphatic rings. The molecule has 0 N–H and O–H groups in total. The molecule has 8 heteroatoms. The predicted octanol–water partition coefficient (Wildman–Crippen LogP) is 4.17. The first kappa shape index (κ1) is 20.8. The van der Waals surface area contributed by atoms with Gasteiger partial charge in [0, 0.05) is 43.1 Å². The van der Waals surface area contributed by atoms with Crippen molar-refractivity contribution in [2.24, 2.45) is 5.92 Å². The number of alkyl halides is 3. The number of halogens is 3. The largest absolute Gasteiger partial charge is 0.446 e. The monoisotopic (exact) mass is 412 g/mol. The summed E-state index contributed by atoms with van der Waals surface area (Å²) < 4.78 is 37.0. The van der Waals surface area contributed by atoms with Crippen LogP contribution >= 0.6 is 11.8 Å². The first-order valence-corrected chi connectivity index (χ1v) is 10.2. The Labute approximate surface area is 166 Å². The van der Waals surface area contributed by atoms with Crippen molar-refractivity contribution in [2.45, 2.75) is 36.1 Å². The molecule has 1 saturated heterocycles. The molecule has 152 valence electrons. The highest BCUT2D eigenvalue weighted by Gasteiger charge is 2.30. The van der Waals surface area contributed by atoms with Crippen LogP contribution in [0.4, 0.5) is 13.2 Å². The lowest BCUT2D eigenvalue weighted by atomic mass is 10.1. The van der Waals surface area contributed by atoms with Crippen LogP contribution in [0.3, 0.4) is 0 Å². The minimum atomic E-state index is -4.31. The van der Waals surface area contributed by atoms with Gasteiger partial charge in [-0.05, 0) is 48.4 Å². The predicted molar refractivity (Wildman–Crippen MR) is 103 cm³/mol. The second-order valence-corrected chi connectivity index (χ2v) is 8.22. The van der Waals surface area contributed by atoms with Crippen LogP contribution in [0.2, 0.25) is 0 Å². The van der Waals surface area contributed by atoms with E-state index in [-0.39, 0.29) is 34.4 Å². The third kappa shape index (κ3) is 5.77. The topological polar surface area (TPSA) is 40.6 Å². The van der Waals surface area contributed by atoms with E-state index >= 15 is 0 Å². The number of benzene rings is 1. The molecule has 28 heavy (non-hydrogen) atoms. The van der Waals surface area contributed by atoms with Gasteiger partial charge >= 0.3 is 5.51 Å². The molecule has 1 aliphatic carbocycles. The van der Waals surface area contributed by atoms with Crippen LogP contribution in [0.15, 0.2) is 35.2 Å². The standard InChI is InChI=1S/C20H23F3N2O2S/c21-20(22,23)28-17-8-5-15(6-9-17)7-10-18(26)24-11-13-25(14-12-24)19(27)16-3-1-2-4-16/h5-10,16H,1-4,11-14H2/b10-7+. The Hall–Kier alpha value is -1.96. The van der Waals surface area contributed by atoms with Gasteiger partial charge in [0.05, 0.1) is 0 Å². The van der Waals surface area contributed by atoms with E-state index in [2.05, 4.69) is 0 Å². The van der Waals surface area contributed by atoms with Crippen molar-refractivity contribution >= 4 is 29.7 Å². The molecule has 1 saturated carbocycles. The number of amides is 2. The highest BCUT2D eigenvalue weighted by Crippen LogP contribution is 2.36. The molecular weight excluding hydrogens is 389 g/mol. The van der Waals surface area contributed by atoms with E-state index in [0.717, 1.165) is 25.7 Å². The fourth-order valence-corrected chi connectivity index (χ4v) is 4.17. The number of hydrogen-bond donors (Lipinski definition) is 0. The summed E-state index contributed by atoms with van der Waals surface area (Å²) >= 11 is -0.163. The van der Waals surface area contributed by atoms with E-state index in [1.165, 1.54) is 18.2 Å². The molecule has 0 atom stereocenters. The van der Waals surface area contributed by atoms with Gasteiger partial charge in [-0.2, -0.15) is 13.2 Å². The van der Waals surface area contributed by atoms with Crippen molar-refractivity contribution < 1.29 is 22.8 Å². The summed E-state index contributed by atoms with van der Waals surface area (Å²) in [5.41, 5.74) is -3.65. The van der Waals surface area contributed by atoms with E-state index in [4.69, 9.17) is 0 Å². The molecule has 1 aliphatic heterocycles. The van der Waals surface area contributed by atoms with Crippen LogP contribution in [0, 0.1) is 5.92 Å². The maximum Gasteiger partial charge on any atom is 0.446 e. The Kier molecular flexibility index (Phi) is 6.69. The lowest BCUT2D eigenvalue weighted by Gasteiger charge is -2.35. The number of thioether (sulfide) groups is 1. The van der Waals surface area contributed by atoms with Crippen LogP contribution in [0.5, 0.6) is 0 Å². The minimum absolute atomic E-state index is 0.110. The Morgan fingerprint density at radius 3 is 2.11 bits per heavy atom. The van der Waals surface area contributed by atoms with Crippen LogP contribution in [0.25, 0.3) is 6.08 Å². The summed E-state index contributed by atoms with van der Waals surface area (Å²) in [7, 11) is 0. The molecular formula is C20H23F3N2O2S. The first-order valence-electron chi connectivity index (χ1n) is 9.43. The Morgan fingerprint density at radius 2 is 1.54 bits per heavy atom. The third-order valence-electron chi connectivity index (χ3n) is 5.14. The van der Waals surface area contributed by atoms with Gasteiger partial charge in [-0.25, -0.2) is 0 Å². The van der Waals surface area contributed by atoms with Crippen molar-refractivity contribution in [3.63, 3.8) is 0 Å². The highest BCUT2D eigenvalue weighted by molar-refractivity contribution is 8.00. The maximum absolute atomic E-state index is 12.4. The van der Waals surface area contributed by atoms with Crippen molar-refractivity contribution in [2.75, 3.05) is 26.2 Å². The summed E-state index contributed by atoms with van der Waals surface area (Å²) in [6.45, 7) is 2.11. The number of piperazine rings is 1. The molecule has 0 spiro atoms. The van der Waals surface area contributed by atoms with Crippen molar-refractivity contribution in [3.8, 4) is 0 Å². The van der Waals surface area contributed by atoms with Crippen molar-refractivity contribution in [1.82, 2.24) is 9.80 Å². The van der Waals surface area contributed by atoms with Gasteiger partial charge < -0.3 is 9.80 Å². The van der Waals surface area contributed by atoms with Gasteiger partial charge in [-0.1, -0.05) is 25.0 Å². The Balaban J connectivity index is 1.48.